The van der Waals surface area contributed by atoms with Crippen molar-refractivity contribution in [1.82, 2.24) is 15.6 Å². The molecule has 0 spiro atoms. The van der Waals surface area contributed by atoms with E-state index in [0.717, 1.165) is 24.0 Å². The molecule has 144 valence electrons. The van der Waals surface area contributed by atoms with Gasteiger partial charge in [0.1, 0.15) is 5.76 Å². The van der Waals surface area contributed by atoms with Gasteiger partial charge in [0, 0.05) is 13.6 Å². The number of hydrogen-bond acceptors (Lipinski definition) is 4. The van der Waals surface area contributed by atoms with Gasteiger partial charge >= 0.3 is 0 Å². The second-order valence-electron chi connectivity index (χ2n) is 6.16. The van der Waals surface area contributed by atoms with Crippen molar-refractivity contribution in [2.75, 3.05) is 20.2 Å². The van der Waals surface area contributed by atoms with E-state index in [0.29, 0.717) is 31.6 Å². The first-order valence-electron chi connectivity index (χ1n) is 8.57. The van der Waals surface area contributed by atoms with Crippen LogP contribution in [0.5, 0.6) is 0 Å². The molecule has 1 aromatic heterocycles. The lowest BCUT2D eigenvalue weighted by atomic mass is 10.2. The Labute approximate surface area is 172 Å². The van der Waals surface area contributed by atoms with Crippen molar-refractivity contribution >= 4 is 29.9 Å². The third-order valence-electron chi connectivity index (χ3n) is 3.84. The molecular weight excluding hydrogens is 443 g/mol. The summed E-state index contributed by atoms with van der Waals surface area (Å²) in [5.41, 5.74) is 2.11. The number of nitrogens with zero attached hydrogens (tertiary/aromatic N) is 2. The molecule has 0 saturated carbocycles. The molecule has 1 atom stereocenters. The Bertz CT molecular complexity index is 654. The number of nitrogens with one attached hydrogen (secondary N) is 2. The van der Waals surface area contributed by atoms with Crippen LogP contribution in [0.15, 0.2) is 39.7 Å². The van der Waals surface area contributed by atoms with E-state index in [4.69, 9.17) is 9.15 Å². The topological polar surface area (TPSA) is 71.7 Å². The lowest BCUT2D eigenvalue weighted by Gasteiger charge is -2.15. The Morgan fingerprint density at radius 2 is 1.96 bits per heavy atom. The standard InChI is InChI=1S/C19H28N4O2.HI/c1-14(12-24-13-17-8-6-5-7-9-17)10-21-19(20-4)22-11-18-23-15(2)16(3)25-18;/h5-9,14H,10-13H2,1-4H3,(H2,20,21,22);1H. The number of aromatic nitrogens is 1. The van der Waals surface area contributed by atoms with Crippen molar-refractivity contribution in [3.63, 3.8) is 0 Å². The Hall–Kier alpha value is -1.61. The summed E-state index contributed by atoms with van der Waals surface area (Å²) < 4.78 is 11.3. The first-order valence-corrected chi connectivity index (χ1v) is 8.57. The number of aryl methyl sites for hydroxylation is 2. The Kier molecular flexibility index (Phi) is 10.3. The second kappa shape index (κ2) is 11.9. The van der Waals surface area contributed by atoms with Crippen LogP contribution in [0.1, 0.15) is 29.8 Å². The molecule has 26 heavy (non-hydrogen) atoms. The van der Waals surface area contributed by atoms with Gasteiger partial charge in [0.2, 0.25) is 5.89 Å². The molecule has 2 aromatic rings. The molecule has 1 unspecified atom stereocenters. The van der Waals surface area contributed by atoms with Gasteiger partial charge in [0.25, 0.3) is 0 Å². The molecule has 0 saturated heterocycles. The van der Waals surface area contributed by atoms with E-state index in [1.54, 1.807) is 7.05 Å². The normalized spacial score (nSPS) is 12.4. The van der Waals surface area contributed by atoms with Crippen molar-refractivity contribution in [2.45, 2.75) is 33.9 Å². The third-order valence-corrected chi connectivity index (χ3v) is 3.84. The molecule has 7 heteroatoms. The summed E-state index contributed by atoms with van der Waals surface area (Å²) in [5, 5.41) is 6.50. The van der Waals surface area contributed by atoms with E-state index < -0.39 is 0 Å². The quantitative estimate of drug-likeness (QED) is 0.350. The average Bonchev–Trinajstić information content (AvgIpc) is 2.94. The molecule has 0 amide bonds. The number of aliphatic imine (C=N–C) groups is 1. The highest BCUT2D eigenvalue weighted by Crippen LogP contribution is 2.07. The maximum Gasteiger partial charge on any atom is 0.214 e. The van der Waals surface area contributed by atoms with E-state index in [1.807, 2.05) is 32.0 Å². The smallest absolute Gasteiger partial charge is 0.214 e. The molecule has 2 rings (SSSR count). The molecule has 0 bridgehead atoms. The van der Waals surface area contributed by atoms with E-state index in [-0.39, 0.29) is 24.0 Å². The predicted octanol–water partition coefficient (Wildman–Crippen LogP) is 3.43. The molecule has 0 aliphatic carbocycles. The minimum atomic E-state index is 0. The highest BCUT2D eigenvalue weighted by atomic mass is 127. The van der Waals surface area contributed by atoms with Crippen molar-refractivity contribution in [1.29, 1.82) is 0 Å². The molecule has 0 fully saturated rings. The summed E-state index contributed by atoms with van der Waals surface area (Å²) in [7, 11) is 1.75. The summed E-state index contributed by atoms with van der Waals surface area (Å²) in [5.74, 6) is 2.61. The van der Waals surface area contributed by atoms with E-state index >= 15 is 0 Å². The van der Waals surface area contributed by atoms with Gasteiger partial charge in [-0.25, -0.2) is 4.98 Å². The van der Waals surface area contributed by atoms with Gasteiger partial charge in [-0.1, -0.05) is 37.3 Å². The van der Waals surface area contributed by atoms with Crippen LogP contribution >= 0.6 is 24.0 Å². The monoisotopic (exact) mass is 472 g/mol. The second-order valence-corrected chi connectivity index (χ2v) is 6.16. The van der Waals surface area contributed by atoms with Crippen LogP contribution < -0.4 is 10.6 Å². The Morgan fingerprint density at radius 3 is 2.58 bits per heavy atom. The van der Waals surface area contributed by atoms with E-state index in [1.165, 1.54) is 5.56 Å². The number of hydrogen-bond donors (Lipinski definition) is 2. The van der Waals surface area contributed by atoms with Crippen molar-refractivity contribution in [3.8, 4) is 0 Å². The zero-order valence-corrected chi connectivity index (χ0v) is 18.2. The largest absolute Gasteiger partial charge is 0.444 e. The highest BCUT2D eigenvalue weighted by Gasteiger charge is 2.08. The summed E-state index contributed by atoms with van der Waals surface area (Å²) in [6.07, 6.45) is 0. The van der Waals surface area contributed by atoms with Gasteiger partial charge in [-0.05, 0) is 25.3 Å². The number of guanidine groups is 1. The Balaban J connectivity index is 0.00000338. The fraction of sp³-hybridized carbons (Fsp3) is 0.474. The summed E-state index contributed by atoms with van der Waals surface area (Å²) >= 11 is 0. The average molecular weight is 472 g/mol. The first kappa shape index (κ1) is 22.4. The van der Waals surface area contributed by atoms with Crippen LogP contribution in [0.2, 0.25) is 0 Å². The molecule has 0 aliphatic heterocycles. The maximum atomic E-state index is 5.77. The van der Waals surface area contributed by atoms with Crippen LogP contribution in [0.25, 0.3) is 0 Å². The van der Waals surface area contributed by atoms with E-state index in [9.17, 15) is 0 Å². The van der Waals surface area contributed by atoms with Crippen LogP contribution in [0, 0.1) is 19.8 Å². The van der Waals surface area contributed by atoms with Gasteiger partial charge < -0.3 is 19.8 Å². The highest BCUT2D eigenvalue weighted by molar-refractivity contribution is 14.0. The predicted molar refractivity (Wildman–Crippen MR) is 115 cm³/mol. The number of oxazole rings is 1. The Morgan fingerprint density at radius 1 is 1.23 bits per heavy atom. The van der Waals surface area contributed by atoms with Gasteiger partial charge in [-0.3, -0.25) is 4.99 Å². The van der Waals surface area contributed by atoms with Gasteiger partial charge in [0.05, 0.1) is 25.5 Å². The van der Waals surface area contributed by atoms with Gasteiger partial charge in [-0.15, -0.1) is 24.0 Å². The first-order chi connectivity index (χ1) is 12.1. The molecule has 0 aliphatic rings. The minimum absolute atomic E-state index is 0. The summed E-state index contributed by atoms with van der Waals surface area (Å²) in [6.45, 7) is 8.61. The summed E-state index contributed by atoms with van der Waals surface area (Å²) in [4.78, 5) is 8.57. The van der Waals surface area contributed by atoms with Gasteiger partial charge in [0.15, 0.2) is 5.96 Å². The lowest BCUT2D eigenvalue weighted by Crippen LogP contribution is -2.39. The third kappa shape index (κ3) is 7.74. The van der Waals surface area contributed by atoms with E-state index in [2.05, 4.69) is 39.7 Å². The molecule has 6 nitrogen and oxygen atoms in total. The number of benzene rings is 1. The lowest BCUT2D eigenvalue weighted by molar-refractivity contribution is 0.0931. The number of ether oxygens (including phenoxy) is 1. The summed E-state index contributed by atoms with van der Waals surface area (Å²) in [6, 6.07) is 10.2. The van der Waals surface area contributed by atoms with Gasteiger partial charge in [-0.2, -0.15) is 0 Å². The minimum Gasteiger partial charge on any atom is -0.444 e. The van der Waals surface area contributed by atoms with Crippen LogP contribution in [-0.2, 0) is 17.9 Å². The zero-order valence-electron chi connectivity index (χ0n) is 15.9. The maximum absolute atomic E-state index is 5.77. The van der Waals surface area contributed by atoms with Crippen LogP contribution in [-0.4, -0.2) is 31.1 Å². The molecule has 1 heterocycles. The van der Waals surface area contributed by atoms with Crippen molar-refractivity contribution in [2.24, 2.45) is 10.9 Å². The van der Waals surface area contributed by atoms with Crippen LogP contribution in [0.3, 0.4) is 0 Å². The SMILES string of the molecule is CN=C(NCc1nc(C)c(C)o1)NCC(C)COCc1ccccc1.I. The van der Waals surface area contributed by atoms with Crippen molar-refractivity contribution in [3.05, 3.63) is 53.2 Å². The molecule has 2 N–H and O–H groups in total. The van der Waals surface area contributed by atoms with Crippen molar-refractivity contribution < 1.29 is 9.15 Å². The number of halogens is 1. The molecular formula is C19H29IN4O2. The molecule has 1 aromatic carbocycles. The number of rotatable bonds is 8. The molecule has 0 radical (unpaired) electrons. The van der Waals surface area contributed by atoms with Crippen LogP contribution in [0.4, 0.5) is 0 Å². The fourth-order valence-corrected chi connectivity index (χ4v) is 2.28. The fourth-order valence-electron chi connectivity index (χ4n) is 2.28. The zero-order chi connectivity index (χ0) is 18.1.